The molecule has 4 nitrogen and oxygen atoms in total. The van der Waals surface area contributed by atoms with Crippen LogP contribution in [0.1, 0.15) is 11.1 Å². The molecule has 3 rings (SSSR count). The minimum absolute atomic E-state index is 0.506. The molecule has 0 unspecified atom stereocenters. The Morgan fingerprint density at radius 2 is 1.86 bits per heavy atom. The number of hydrogen-bond acceptors (Lipinski definition) is 3. The maximum atomic E-state index is 12.9. The van der Waals surface area contributed by atoms with Crippen molar-refractivity contribution >= 4 is 17.8 Å². The molecule has 2 aromatic carbocycles. The largest absolute Gasteiger partial charge is 0.452 e. The molecule has 22 heavy (non-hydrogen) atoms. The van der Waals surface area contributed by atoms with Crippen molar-refractivity contribution in [2.45, 2.75) is 6.42 Å². The Morgan fingerprint density at radius 3 is 2.59 bits per heavy atom. The zero-order valence-corrected chi connectivity index (χ0v) is 12.0. The van der Waals surface area contributed by atoms with Gasteiger partial charge in [-0.3, -0.25) is 9.69 Å². The normalized spacial score (nSPS) is 11.5. The van der Waals surface area contributed by atoms with Crippen LogP contribution in [0.2, 0.25) is 0 Å². The van der Waals surface area contributed by atoms with Gasteiger partial charge in [-0.25, -0.2) is 4.79 Å². The van der Waals surface area contributed by atoms with E-state index in [9.17, 15) is 14.0 Å². The maximum absolute atomic E-state index is 12.9. The number of nitrogens with zero attached hydrogens (tertiary/aromatic N) is 1. The molecule has 0 bridgehead atoms. The fraction of sp³-hybridized carbons (Fsp3) is 0.176. The van der Waals surface area contributed by atoms with Gasteiger partial charge in [0.15, 0.2) is 0 Å². The van der Waals surface area contributed by atoms with E-state index in [1.165, 1.54) is 7.11 Å². The number of hydrogen-bond donors (Lipinski definition) is 0. The summed E-state index contributed by atoms with van der Waals surface area (Å²) in [6.45, 7) is -0.653. The molecule has 0 fully saturated rings. The van der Waals surface area contributed by atoms with Crippen LogP contribution >= 0.6 is 0 Å². The average Bonchev–Trinajstić information content (AvgIpc) is 2.90. The van der Waals surface area contributed by atoms with Gasteiger partial charge in [-0.1, -0.05) is 36.4 Å². The number of carbonyl (C=O) groups excluding carboxylic acids is 2. The van der Waals surface area contributed by atoms with Gasteiger partial charge in [-0.15, -0.1) is 0 Å². The second-order valence-corrected chi connectivity index (χ2v) is 5.05. The topological polar surface area (TPSA) is 46.6 Å². The van der Waals surface area contributed by atoms with Crippen molar-refractivity contribution in [3.05, 3.63) is 53.6 Å². The smallest absolute Gasteiger partial charge is 0.414 e. The van der Waals surface area contributed by atoms with Gasteiger partial charge in [0.2, 0.25) is 0 Å². The van der Waals surface area contributed by atoms with E-state index in [0.29, 0.717) is 12.1 Å². The first-order valence-electron chi connectivity index (χ1n) is 6.86. The van der Waals surface area contributed by atoms with Crippen LogP contribution in [-0.2, 0) is 16.0 Å². The number of halogens is 1. The van der Waals surface area contributed by atoms with Gasteiger partial charge >= 0.3 is 12.1 Å². The molecule has 0 saturated carbocycles. The van der Waals surface area contributed by atoms with Crippen LogP contribution in [0.15, 0.2) is 42.5 Å². The number of rotatable bonds is 3. The molecular weight excluding hydrogens is 285 g/mol. The van der Waals surface area contributed by atoms with E-state index in [-0.39, 0.29) is 0 Å². The van der Waals surface area contributed by atoms with Gasteiger partial charge in [0, 0.05) is 6.42 Å². The standard InChI is InChI=1S/C17H14FNO3/c1-22-17(21)19(10-16(18)20)15-8-4-7-13-12-6-3-2-5-11(12)9-14(13)15/h2-8H,9-10H2,1H3. The number of carbonyl (C=O) groups is 2. The molecule has 1 aliphatic rings. The van der Waals surface area contributed by atoms with Crippen molar-refractivity contribution in [3.8, 4) is 11.1 Å². The first-order valence-corrected chi connectivity index (χ1v) is 6.86. The molecule has 5 heteroatoms. The first-order chi connectivity index (χ1) is 10.6. The lowest BCUT2D eigenvalue weighted by molar-refractivity contribution is -0.127. The summed E-state index contributed by atoms with van der Waals surface area (Å²) in [5.74, 6) is 0. The Kier molecular flexibility index (Phi) is 3.63. The number of anilines is 1. The minimum Gasteiger partial charge on any atom is -0.452 e. The van der Waals surface area contributed by atoms with Gasteiger partial charge in [-0.05, 0) is 28.3 Å². The van der Waals surface area contributed by atoms with Gasteiger partial charge in [-0.2, -0.15) is 4.39 Å². The van der Waals surface area contributed by atoms with Crippen LogP contribution in [0.3, 0.4) is 0 Å². The van der Waals surface area contributed by atoms with Crippen LogP contribution in [-0.4, -0.2) is 25.8 Å². The Morgan fingerprint density at radius 1 is 1.14 bits per heavy atom. The molecule has 112 valence electrons. The van der Waals surface area contributed by atoms with Crippen molar-refractivity contribution in [2.24, 2.45) is 0 Å². The summed E-state index contributed by atoms with van der Waals surface area (Å²) >= 11 is 0. The quantitative estimate of drug-likeness (QED) is 0.697. The van der Waals surface area contributed by atoms with Gasteiger partial charge in [0.25, 0.3) is 0 Å². The molecule has 0 spiro atoms. The number of fused-ring (bicyclic) bond motifs is 3. The highest BCUT2D eigenvalue weighted by Crippen LogP contribution is 2.41. The van der Waals surface area contributed by atoms with Crippen LogP contribution < -0.4 is 4.90 Å². The molecule has 2 aromatic rings. The summed E-state index contributed by atoms with van der Waals surface area (Å²) < 4.78 is 17.5. The van der Waals surface area contributed by atoms with Crippen molar-refractivity contribution in [3.63, 3.8) is 0 Å². The van der Waals surface area contributed by atoms with E-state index in [0.717, 1.165) is 27.2 Å². The number of benzene rings is 2. The summed E-state index contributed by atoms with van der Waals surface area (Å²) in [4.78, 5) is 23.8. The third-order valence-electron chi connectivity index (χ3n) is 3.79. The second-order valence-electron chi connectivity index (χ2n) is 5.05. The zero-order valence-electron chi connectivity index (χ0n) is 12.0. The Balaban J connectivity index is 2.09. The van der Waals surface area contributed by atoms with E-state index >= 15 is 0 Å². The lowest BCUT2D eigenvalue weighted by atomic mass is 10.0. The molecule has 1 aliphatic carbocycles. The van der Waals surface area contributed by atoms with Crippen LogP contribution in [0.25, 0.3) is 11.1 Å². The third-order valence-corrected chi connectivity index (χ3v) is 3.79. The van der Waals surface area contributed by atoms with Crippen molar-refractivity contribution in [1.82, 2.24) is 0 Å². The Hall–Kier alpha value is -2.69. The highest BCUT2D eigenvalue weighted by atomic mass is 19.1. The SMILES string of the molecule is COC(=O)N(CC(=O)F)c1cccc2c1Cc1ccccc1-2. The molecule has 0 aliphatic heterocycles. The lowest BCUT2D eigenvalue weighted by Gasteiger charge is -2.21. The summed E-state index contributed by atoms with van der Waals surface area (Å²) in [5, 5.41) is 0. The zero-order chi connectivity index (χ0) is 15.7. The molecule has 1 amide bonds. The van der Waals surface area contributed by atoms with E-state index in [4.69, 9.17) is 0 Å². The summed E-state index contributed by atoms with van der Waals surface area (Å²) in [5.41, 5.74) is 4.63. The van der Waals surface area contributed by atoms with Crippen LogP contribution in [0, 0.1) is 0 Å². The third kappa shape index (κ3) is 2.35. The predicted molar refractivity (Wildman–Crippen MR) is 80.6 cm³/mol. The van der Waals surface area contributed by atoms with Crippen molar-refractivity contribution in [2.75, 3.05) is 18.6 Å². The monoisotopic (exact) mass is 299 g/mol. The van der Waals surface area contributed by atoms with E-state index in [2.05, 4.69) is 4.74 Å². The summed E-state index contributed by atoms with van der Waals surface area (Å²) in [6.07, 6.45) is -0.120. The summed E-state index contributed by atoms with van der Waals surface area (Å²) in [7, 11) is 1.20. The van der Waals surface area contributed by atoms with Crippen molar-refractivity contribution < 1.29 is 18.7 Å². The number of amides is 1. The number of ether oxygens (including phenoxy) is 1. The van der Waals surface area contributed by atoms with E-state index < -0.39 is 18.7 Å². The van der Waals surface area contributed by atoms with Gasteiger partial charge < -0.3 is 4.74 Å². The first kappa shape index (κ1) is 14.3. The fourth-order valence-corrected chi connectivity index (χ4v) is 2.88. The molecule has 0 heterocycles. The molecule has 0 atom stereocenters. The Labute approximate surface area is 127 Å². The van der Waals surface area contributed by atoms with E-state index in [1.807, 2.05) is 30.3 Å². The average molecular weight is 299 g/mol. The predicted octanol–water partition coefficient (Wildman–Crippen LogP) is 3.33. The Bertz CT molecular complexity index is 757. The molecule has 0 radical (unpaired) electrons. The van der Waals surface area contributed by atoms with Crippen molar-refractivity contribution in [1.29, 1.82) is 0 Å². The highest BCUT2D eigenvalue weighted by molar-refractivity contribution is 5.96. The van der Waals surface area contributed by atoms with Gasteiger partial charge in [0.05, 0.1) is 12.8 Å². The van der Waals surface area contributed by atoms with E-state index in [1.54, 1.807) is 12.1 Å². The summed E-state index contributed by atoms with van der Waals surface area (Å²) in [6, 6.07) is 11.8. The minimum atomic E-state index is -1.58. The molecule has 0 aromatic heterocycles. The molecular formula is C17H14FNO3. The van der Waals surface area contributed by atoms with Crippen LogP contribution in [0.4, 0.5) is 14.9 Å². The fourth-order valence-electron chi connectivity index (χ4n) is 2.88. The lowest BCUT2D eigenvalue weighted by Crippen LogP contribution is -2.35. The molecule has 0 N–H and O–H groups in total. The highest BCUT2D eigenvalue weighted by Gasteiger charge is 2.27. The van der Waals surface area contributed by atoms with Crippen LogP contribution in [0.5, 0.6) is 0 Å². The molecule has 0 saturated heterocycles. The number of methoxy groups -OCH3 is 1. The maximum Gasteiger partial charge on any atom is 0.414 e. The van der Waals surface area contributed by atoms with Gasteiger partial charge in [0.1, 0.15) is 6.54 Å². The second kappa shape index (κ2) is 5.60.